The van der Waals surface area contributed by atoms with E-state index in [1.54, 1.807) is 17.8 Å². The Hall–Kier alpha value is -2.83. The van der Waals surface area contributed by atoms with Crippen molar-refractivity contribution in [2.45, 2.75) is 9.79 Å². The summed E-state index contributed by atoms with van der Waals surface area (Å²) in [6, 6.07) is 21.7. The first-order valence-electron chi connectivity index (χ1n) is 8.78. The predicted octanol–water partition coefficient (Wildman–Crippen LogP) is 5.10. The number of aliphatic carboxylic acids is 1. The molecule has 1 N–H and O–H groups in total. The largest absolute Gasteiger partial charge is 0.478 e. The number of carbonyl (C=O) groups is 1. The number of rotatable bonds is 6. The molecule has 0 aromatic heterocycles. The second-order valence-electron chi connectivity index (χ2n) is 6.51. The Morgan fingerprint density at radius 3 is 1.83 bits per heavy atom. The summed E-state index contributed by atoms with van der Waals surface area (Å²) >= 11 is 1.69. The normalized spacial score (nSPS) is 12.0. The minimum Gasteiger partial charge on any atom is -0.478 e. The van der Waals surface area contributed by atoms with Gasteiger partial charge in [0.05, 0.1) is 10.5 Å². The van der Waals surface area contributed by atoms with Crippen LogP contribution in [0.1, 0.15) is 11.1 Å². The van der Waals surface area contributed by atoms with Crippen LogP contribution in [-0.4, -0.2) is 32.0 Å². The summed E-state index contributed by atoms with van der Waals surface area (Å²) in [6.45, 7) is 0. The highest BCUT2D eigenvalue weighted by Crippen LogP contribution is 2.25. The van der Waals surface area contributed by atoms with E-state index in [-0.39, 0.29) is 10.5 Å². The van der Waals surface area contributed by atoms with E-state index >= 15 is 0 Å². The number of carboxylic acids is 1. The van der Waals surface area contributed by atoms with Gasteiger partial charge in [-0.1, -0.05) is 48.5 Å². The van der Waals surface area contributed by atoms with Crippen molar-refractivity contribution < 1.29 is 18.3 Å². The molecule has 0 heterocycles. The highest BCUT2D eigenvalue weighted by molar-refractivity contribution is 7.98. The Kier molecular flexibility index (Phi) is 6.25. The molecule has 0 bridgehead atoms. The van der Waals surface area contributed by atoms with Crippen LogP contribution < -0.4 is 0 Å². The van der Waals surface area contributed by atoms with Crippen molar-refractivity contribution in [3.8, 4) is 11.1 Å². The summed E-state index contributed by atoms with van der Waals surface area (Å²) in [5.74, 6) is -1.08. The number of carboxylic acid groups (broad SMARTS) is 1. The maximum absolute atomic E-state index is 11.7. The highest BCUT2D eigenvalue weighted by atomic mass is 32.2. The van der Waals surface area contributed by atoms with Gasteiger partial charge in [0.25, 0.3) is 0 Å². The molecule has 0 fully saturated rings. The maximum Gasteiger partial charge on any atom is 0.336 e. The fraction of sp³-hybridized carbons (Fsp3) is 0.0870. The van der Waals surface area contributed by atoms with Crippen LogP contribution in [0.2, 0.25) is 0 Å². The van der Waals surface area contributed by atoms with Gasteiger partial charge >= 0.3 is 5.97 Å². The van der Waals surface area contributed by atoms with E-state index in [2.05, 4.69) is 24.3 Å². The monoisotopic (exact) mass is 424 g/mol. The van der Waals surface area contributed by atoms with Crippen molar-refractivity contribution in [1.82, 2.24) is 0 Å². The summed E-state index contributed by atoms with van der Waals surface area (Å²) in [5, 5.41) is 9.61. The molecule has 3 aromatic rings. The van der Waals surface area contributed by atoms with Crippen molar-refractivity contribution in [3.63, 3.8) is 0 Å². The fourth-order valence-electron chi connectivity index (χ4n) is 2.87. The van der Waals surface area contributed by atoms with Crippen molar-refractivity contribution >= 4 is 39.2 Å². The van der Waals surface area contributed by atoms with Crippen LogP contribution in [0.3, 0.4) is 0 Å². The number of benzene rings is 3. The second kappa shape index (κ2) is 8.68. The number of hydrogen-bond donors (Lipinski definition) is 1. The lowest BCUT2D eigenvalue weighted by Gasteiger charge is -2.06. The summed E-state index contributed by atoms with van der Waals surface area (Å²) < 4.78 is 23.2. The highest BCUT2D eigenvalue weighted by Gasteiger charge is 2.13. The number of thioether (sulfide) groups is 1. The van der Waals surface area contributed by atoms with Crippen LogP contribution in [-0.2, 0) is 14.6 Å². The average molecular weight is 425 g/mol. The zero-order valence-electron chi connectivity index (χ0n) is 16.0. The van der Waals surface area contributed by atoms with E-state index in [0.717, 1.165) is 22.9 Å². The predicted molar refractivity (Wildman–Crippen MR) is 119 cm³/mol. The lowest BCUT2D eigenvalue weighted by atomic mass is 10.0. The minimum absolute atomic E-state index is 0.0992. The molecule has 0 aliphatic heterocycles. The van der Waals surface area contributed by atoms with Crippen LogP contribution >= 0.6 is 11.8 Å². The molecule has 0 unspecified atom stereocenters. The van der Waals surface area contributed by atoms with Crippen molar-refractivity contribution in [2.24, 2.45) is 0 Å². The Bertz CT molecular complexity index is 1140. The molecule has 0 atom stereocenters. The topological polar surface area (TPSA) is 71.4 Å². The van der Waals surface area contributed by atoms with Crippen LogP contribution in [0.25, 0.3) is 22.8 Å². The van der Waals surface area contributed by atoms with Crippen molar-refractivity contribution in [2.75, 3.05) is 12.5 Å². The van der Waals surface area contributed by atoms with E-state index in [1.165, 1.54) is 29.2 Å². The van der Waals surface area contributed by atoms with Gasteiger partial charge in [0.1, 0.15) is 0 Å². The molecule has 0 spiro atoms. The molecular weight excluding hydrogens is 404 g/mol. The van der Waals surface area contributed by atoms with Gasteiger partial charge in [-0.2, -0.15) is 0 Å². The lowest BCUT2D eigenvalue weighted by molar-refractivity contribution is -0.130. The molecule has 0 saturated carbocycles. The first-order chi connectivity index (χ1) is 13.8. The first kappa shape index (κ1) is 20.9. The van der Waals surface area contributed by atoms with Crippen LogP contribution in [0.15, 0.2) is 82.6 Å². The molecule has 6 heteroatoms. The number of hydrogen-bond acceptors (Lipinski definition) is 4. The second-order valence-corrected chi connectivity index (χ2v) is 9.41. The molecule has 0 radical (unpaired) electrons. The summed E-state index contributed by atoms with van der Waals surface area (Å²) in [4.78, 5) is 13.1. The van der Waals surface area contributed by atoms with E-state index in [1.807, 2.05) is 30.5 Å². The molecule has 0 amide bonds. The molecule has 3 rings (SSSR count). The van der Waals surface area contributed by atoms with Gasteiger partial charge in [0.15, 0.2) is 9.84 Å². The van der Waals surface area contributed by atoms with Crippen molar-refractivity contribution in [1.29, 1.82) is 0 Å². The molecule has 0 aliphatic rings. The zero-order valence-corrected chi connectivity index (χ0v) is 17.6. The Balaban J connectivity index is 1.90. The Morgan fingerprint density at radius 1 is 0.862 bits per heavy atom. The lowest BCUT2D eigenvalue weighted by Crippen LogP contribution is -2.01. The number of sulfone groups is 1. The van der Waals surface area contributed by atoms with Crippen LogP contribution in [0, 0.1) is 0 Å². The van der Waals surface area contributed by atoms with E-state index in [0.29, 0.717) is 5.56 Å². The van der Waals surface area contributed by atoms with Gasteiger partial charge in [0.2, 0.25) is 0 Å². The van der Waals surface area contributed by atoms with Gasteiger partial charge < -0.3 is 5.11 Å². The van der Waals surface area contributed by atoms with E-state index in [9.17, 15) is 18.3 Å². The van der Waals surface area contributed by atoms with Crippen molar-refractivity contribution in [3.05, 3.63) is 83.9 Å². The summed E-state index contributed by atoms with van der Waals surface area (Å²) in [6.07, 6.45) is 4.73. The minimum atomic E-state index is -3.33. The Labute approximate surface area is 174 Å². The molecule has 148 valence electrons. The molecule has 29 heavy (non-hydrogen) atoms. The molecule has 3 aromatic carbocycles. The average Bonchev–Trinajstić information content (AvgIpc) is 2.72. The smallest absolute Gasteiger partial charge is 0.336 e. The summed E-state index contributed by atoms with van der Waals surface area (Å²) in [5.41, 5.74) is 3.43. The van der Waals surface area contributed by atoms with Gasteiger partial charge in [-0.05, 0) is 58.9 Å². The first-order valence-corrected chi connectivity index (χ1v) is 11.9. The maximum atomic E-state index is 11.7. The van der Waals surface area contributed by atoms with Gasteiger partial charge in [0, 0.05) is 11.2 Å². The zero-order chi connectivity index (χ0) is 21.0. The van der Waals surface area contributed by atoms with Gasteiger partial charge in [-0.15, -0.1) is 11.8 Å². The Morgan fingerprint density at radius 2 is 1.38 bits per heavy atom. The van der Waals surface area contributed by atoms with E-state index in [4.69, 9.17) is 0 Å². The standard InChI is InChI=1S/C23H20O4S2/c1-28-20-11-7-18(8-12-20)17-5-3-16(4-6-17)15-22(23(24)25)19-9-13-21(14-10-19)29(2,26)27/h3-15H,1-2H3,(H,24,25)/b22-15+. The SMILES string of the molecule is CSc1ccc(-c2ccc(/C=C(/C(=O)O)c3ccc(S(C)(=O)=O)cc3)cc2)cc1. The van der Waals surface area contributed by atoms with Gasteiger partial charge in [-0.25, -0.2) is 13.2 Å². The third-order valence-electron chi connectivity index (χ3n) is 4.47. The van der Waals surface area contributed by atoms with Crippen LogP contribution in [0.5, 0.6) is 0 Å². The van der Waals surface area contributed by atoms with E-state index < -0.39 is 15.8 Å². The molecular formula is C23H20O4S2. The van der Waals surface area contributed by atoms with Crippen LogP contribution in [0.4, 0.5) is 0 Å². The summed E-state index contributed by atoms with van der Waals surface area (Å²) in [7, 11) is -3.33. The van der Waals surface area contributed by atoms with Gasteiger partial charge in [-0.3, -0.25) is 0 Å². The molecule has 0 saturated heterocycles. The third-order valence-corrected chi connectivity index (χ3v) is 6.34. The molecule has 0 aliphatic carbocycles. The quantitative estimate of drug-likeness (QED) is 0.338. The molecule has 4 nitrogen and oxygen atoms in total. The fourth-order valence-corrected chi connectivity index (χ4v) is 3.91. The third kappa shape index (κ3) is 5.16.